The van der Waals surface area contributed by atoms with E-state index in [0.717, 1.165) is 22.6 Å². The summed E-state index contributed by atoms with van der Waals surface area (Å²) in [6.45, 7) is 2.40. The number of nitrogens with one attached hydrogen (secondary N) is 1. The quantitative estimate of drug-likeness (QED) is 0.852. The SMILES string of the molecule is Clc1cc(Br)cc([C@@H]2COCCN2)c1. The third-order valence-electron chi connectivity index (χ3n) is 2.21. The van der Waals surface area contributed by atoms with Gasteiger partial charge in [0.25, 0.3) is 0 Å². The summed E-state index contributed by atoms with van der Waals surface area (Å²) in [5, 5.41) is 4.14. The van der Waals surface area contributed by atoms with Crippen LogP contribution in [0.15, 0.2) is 22.7 Å². The lowest BCUT2D eigenvalue weighted by Crippen LogP contribution is -2.34. The summed E-state index contributed by atoms with van der Waals surface area (Å²) in [6.07, 6.45) is 0. The highest BCUT2D eigenvalue weighted by Gasteiger charge is 2.15. The fourth-order valence-corrected chi connectivity index (χ4v) is 2.44. The standard InChI is InChI=1S/C10H11BrClNO/c11-8-3-7(4-9(12)5-8)10-6-14-2-1-13-10/h3-5,10,13H,1-2,6H2/t10-/m0/s1. The van der Waals surface area contributed by atoms with Crippen LogP contribution in [0, 0.1) is 0 Å². The van der Waals surface area contributed by atoms with E-state index in [0.29, 0.717) is 6.61 Å². The lowest BCUT2D eigenvalue weighted by molar-refractivity contribution is 0.0769. The van der Waals surface area contributed by atoms with E-state index in [4.69, 9.17) is 16.3 Å². The van der Waals surface area contributed by atoms with Gasteiger partial charge in [0.15, 0.2) is 0 Å². The first-order chi connectivity index (χ1) is 6.75. The highest BCUT2D eigenvalue weighted by atomic mass is 79.9. The van der Waals surface area contributed by atoms with E-state index >= 15 is 0 Å². The van der Waals surface area contributed by atoms with Crippen molar-refractivity contribution in [1.82, 2.24) is 5.32 Å². The molecule has 1 heterocycles. The minimum absolute atomic E-state index is 0.263. The maximum atomic E-state index is 5.97. The molecule has 0 radical (unpaired) electrons. The summed E-state index contributed by atoms with van der Waals surface area (Å²) >= 11 is 9.40. The second-order valence-corrected chi connectivity index (χ2v) is 4.64. The molecule has 14 heavy (non-hydrogen) atoms. The average Bonchev–Trinajstić information content (AvgIpc) is 2.18. The summed E-state index contributed by atoms with van der Waals surface area (Å²) in [5.74, 6) is 0. The van der Waals surface area contributed by atoms with Crippen molar-refractivity contribution >= 4 is 27.5 Å². The van der Waals surface area contributed by atoms with Gasteiger partial charge in [-0.25, -0.2) is 0 Å². The lowest BCUT2D eigenvalue weighted by Gasteiger charge is -2.24. The van der Waals surface area contributed by atoms with Gasteiger partial charge >= 0.3 is 0 Å². The van der Waals surface area contributed by atoms with Gasteiger partial charge in [-0.2, -0.15) is 0 Å². The Morgan fingerprint density at radius 3 is 2.93 bits per heavy atom. The van der Waals surface area contributed by atoms with Gasteiger partial charge in [0, 0.05) is 16.0 Å². The van der Waals surface area contributed by atoms with Crippen molar-refractivity contribution < 1.29 is 4.74 Å². The van der Waals surface area contributed by atoms with Crippen LogP contribution in [-0.2, 0) is 4.74 Å². The molecule has 1 N–H and O–H groups in total. The second-order valence-electron chi connectivity index (χ2n) is 3.28. The summed E-state index contributed by atoms with van der Waals surface area (Å²) in [4.78, 5) is 0. The number of hydrogen-bond acceptors (Lipinski definition) is 2. The molecule has 0 amide bonds. The Morgan fingerprint density at radius 2 is 2.29 bits per heavy atom. The molecule has 2 rings (SSSR count). The molecule has 1 aliphatic heterocycles. The molecule has 1 aliphatic rings. The predicted molar refractivity (Wildman–Crippen MR) is 60.7 cm³/mol. The van der Waals surface area contributed by atoms with E-state index in [-0.39, 0.29) is 6.04 Å². The molecular weight excluding hydrogens is 265 g/mol. The molecule has 1 aromatic rings. The fraction of sp³-hybridized carbons (Fsp3) is 0.400. The van der Waals surface area contributed by atoms with Crippen LogP contribution in [0.4, 0.5) is 0 Å². The fourth-order valence-electron chi connectivity index (χ4n) is 1.56. The largest absolute Gasteiger partial charge is 0.378 e. The van der Waals surface area contributed by atoms with E-state index < -0.39 is 0 Å². The third kappa shape index (κ3) is 2.48. The maximum absolute atomic E-state index is 5.97. The molecular formula is C10H11BrClNO. The molecule has 76 valence electrons. The van der Waals surface area contributed by atoms with Gasteiger partial charge in [-0.15, -0.1) is 0 Å². The number of morpholine rings is 1. The third-order valence-corrected chi connectivity index (χ3v) is 2.88. The van der Waals surface area contributed by atoms with Gasteiger partial charge in [0.2, 0.25) is 0 Å². The number of benzene rings is 1. The summed E-state index contributed by atoms with van der Waals surface area (Å²) in [5.41, 5.74) is 1.17. The summed E-state index contributed by atoms with van der Waals surface area (Å²) in [6, 6.07) is 6.18. The van der Waals surface area contributed by atoms with E-state index in [1.807, 2.05) is 12.1 Å². The van der Waals surface area contributed by atoms with Crippen LogP contribution in [0.1, 0.15) is 11.6 Å². The van der Waals surface area contributed by atoms with Crippen LogP contribution in [-0.4, -0.2) is 19.8 Å². The zero-order valence-electron chi connectivity index (χ0n) is 7.59. The molecule has 0 aliphatic carbocycles. The van der Waals surface area contributed by atoms with Crippen LogP contribution >= 0.6 is 27.5 Å². The topological polar surface area (TPSA) is 21.3 Å². The Balaban J connectivity index is 2.21. The van der Waals surface area contributed by atoms with E-state index in [1.54, 1.807) is 0 Å². The van der Waals surface area contributed by atoms with E-state index in [1.165, 1.54) is 5.56 Å². The first kappa shape index (κ1) is 10.4. The van der Waals surface area contributed by atoms with Crippen molar-refractivity contribution in [2.24, 2.45) is 0 Å². The van der Waals surface area contributed by atoms with Gasteiger partial charge in [0.1, 0.15) is 0 Å². The van der Waals surface area contributed by atoms with Crippen LogP contribution in [0.5, 0.6) is 0 Å². The Bertz CT molecular complexity index is 306. The highest BCUT2D eigenvalue weighted by Crippen LogP contribution is 2.24. The number of rotatable bonds is 1. The molecule has 0 aromatic heterocycles. The van der Waals surface area contributed by atoms with Crippen molar-refractivity contribution in [2.75, 3.05) is 19.8 Å². The number of ether oxygens (including phenoxy) is 1. The Kier molecular flexibility index (Phi) is 3.44. The minimum atomic E-state index is 0.263. The van der Waals surface area contributed by atoms with Crippen molar-refractivity contribution in [1.29, 1.82) is 0 Å². The Hall–Kier alpha value is -0.0900. The number of hydrogen-bond donors (Lipinski definition) is 1. The summed E-state index contributed by atoms with van der Waals surface area (Å²) in [7, 11) is 0. The molecule has 0 unspecified atom stereocenters. The zero-order valence-corrected chi connectivity index (χ0v) is 9.94. The van der Waals surface area contributed by atoms with Gasteiger partial charge in [0.05, 0.1) is 19.3 Å². The smallest absolute Gasteiger partial charge is 0.0662 e. The van der Waals surface area contributed by atoms with Crippen molar-refractivity contribution in [3.63, 3.8) is 0 Å². The van der Waals surface area contributed by atoms with Crippen molar-refractivity contribution in [3.8, 4) is 0 Å². The summed E-state index contributed by atoms with van der Waals surface area (Å²) < 4.78 is 6.40. The van der Waals surface area contributed by atoms with Crippen LogP contribution in [0.3, 0.4) is 0 Å². The highest BCUT2D eigenvalue weighted by molar-refractivity contribution is 9.10. The normalized spacial score (nSPS) is 22.3. The van der Waals surface area contributed by atoms with E-state index in [2.05, 4.69) is 27.3 Å². The molecule has 0 spiro atoms. The average molecular weight is 277 g/mol. The van der Waals surface area contributed by atoms with Crippen LogP contribution in [0.25, 0.3) is 0 Å². The molecule has 4 heteroatoms. The second kappa shape index (κ2) is 4.62. The molecule has 1 saturated heterocycles. The Morgan fingerprint density at radius 1 is 1.43 bits per heavy atom. The molecule has 1 aromatic carbocycles. The van der Waals surface area contributed by atoms with Crippen LogP contribution < -0.4 is 5.32 Å². The first-order valence-electron chi connectivity index (χ1n) is 4.53. The lowest BCUT2D eigenvalue weighted by atomic mass is 10.1. The monoisotopic (exact) mass is 275 g/mol. The Labute approximate surface area is 96.7 Å². The van der Waals surface area contributed by atoms with Gasteiger partial charge in [-0.05, 0) is 23.8 Å². The molecule has 1 atom stereocenters. The predicted octanol–water partition coefficient (Wildman–Crippen LogP) is 2.76. The van der Waals surface area contributed by atoms with Crippen molar-refractivity contribution in [3.05, 3.63) is 33.3 Å². The van der Waals surface area contributed by atoms with Gasteiger partial charge in [-0.1, -0.05) is 27.5 Å². The molecule has 2 nitrogen and oxygen atoms in total. The molecule has 0 saturated carbocycles. The zero-order chi connectivity index (χ0) is 9.97. The number of halogens is 2. The molecule has 0 bridgehead atoms. The molecule has 1 fully saturated rings. The van der Waals surface area contributed by atoms with E-state index in [9.17, 15) is 0 Å². The van der Waals surface area contributed by atoms with Gasteiger partial charge < -0.3 is 10.1 Å². The van der Waals surface area contributed by atoms with Crippen molar-refractivity contribution in [2.45, 2.75) is 6.04 Å². The van der Waals surface area contributed by atoms with Crippen LogP contribution in [0.2, 0.25) is 5.02 Å². The van der Waals surface area contributed by atoms with Gasteiger partial charge in [-0.3, -0.25) is 0 Å². The first-order valence-corrected chi connectivity index (χ1v) is 5.70. The minimum Gasteiger partial charge on any atom is -0.378 e. The maximum Gasteiger partial charge on any atom is 0.0662 e.